The molecule has 0 amide bonds. The lowest BCUT2D eigenvalue weighted by atomic mass is 10.0. The third-order valence-corrected chi connectivity index (χ3v) is 4.25. The first-order chi connectivity index (χ1) is 9.63. The van der Waals surface area contributed by atoms with E-state index >= 15 is 0 Å². The van der Waals surface area contributed by atoms with Crippen molar-refractivity contribution in [1.29, 1.82) is 0 Å². The van der Waals surface area contributed by atoms with E-state index in [4.69, 9.17) is 4.74 Å². The molecule has 1 fully saturated rings. The molecule has 0 spiro atoms. The summed E-state index contributed by atoms with van der Waals surface area (Å²) in [5.41, 5.74) is 2.46. The Labute approximate surface area is 126 Å². The molecule has 0 aromatic heterocycles. The monoisotopic (exact) mass is 330 g/mol. The van der Waals surface area contributed by atoms with E-state index in [2.05, 4.69) is 15.9 Å². The van der Waals surface area contributed by atoms with Crippen LogP contribution in [0.2, 0.25) is 0 Å². The van der Waals surface area contributed by atoms with Gasteiger partial charge in [-0.05, 0) is 67.8 Å². The Bertz CT molecular complexity index is 643. The van der Waals surface area contributed by atoms with Crippen molar-refractivity contribution >= 4 is 21.7 Å². The van der Waals surface area contributed by atoms with Gasteiger partial charge in [0.25, 0.3) is 0 Å². The summed E-state index contributed by atoms with van der Waals surface area (Å²) in [5, 5.41) is 0. The molecule has 3 heteroatoms. The van der Waals surface area contributed by atoms with Crippen molar-refractivity contribution in [1.82, 2.24) is 0 Å². The highest BCUT2D eigenvalue weighted by Crippen LogP contribution is 2.27. The second kappa shape index (κ2) is 5.41. The second-order valence-electron chi connectivity index (χ2n) is 5.13. The van der Waals surface area contributed by atoms with Gasteiger partial charge in [0.15, 0.2) is 5.78 Å². The van der Waals surface area contributed by atoms with Crippen LogP contribution in [0.15, 0.2) is 46.9 Å². The first kappa shape index (κ1) is 13.4. The molecule has 0 radical (unpaired) electrons. The van der Waals surface area contributed by atoms with Gasteiger partial charge in [-0.1, -0.05) is 15.9 Å². The summed E-state index contributed by atoms with van der Waals surface area (Å²) in [4.78, 5) is 12.4. The van der Waals surface area contributed by atoms with Gasteiger partial charge in [-0.15, -0.1) is 0 Å². The molecule has 0 unspecified atom stereocenters. The number of ketones is 1. The third-order valence-electron chi connectivity index (χ3n) is 3.36. The van der Waals surface area contributed by atoms with Crippen LogP contribution in [-0.4, -0.2) is 11.9 Å². The lowest BCUT2D eigenvalue weighted by molar-refractivity contribution is 0.103. The van der Waals surface area contributed by atoms with Gasteiger partial charge in [-0.3, -0.25) is 4.79 Å². The Hall–Kier alpha value is -1.61. The molecule has 2 aromatic carbocycles. The Morgan fingerprint density at radius 3 is 2.35 bits per heavy atom. The molecule has 1 aliphatic rings. The highest BCUT2D eigenvalue weighted by atomic mass is 79.9. The first-order valence-electron chi connectivity index (χ1n) is 6.71. The maximum absolute atomic E-state index is 12.4. The smallest absolute Gasteiger partial charge is 0.193 e. The Kier molecular flexibility index (Phi) is 3.62. The lowest BCUT2D eigenvalue weighted by Crippen LogP contribution is -2.02. The fraction of sp³-hybridized carbons (Fsp3) is 0.235. The van der Waals surface area contributed by atoms with Crippen molar-refractivity contribution < 1.29 is 9.53 Å². The summed E-state index contributed by atoms with van der Waals surface area (Å²) in [7, 11) is 0. The number of rotatable bonds is 4. The number of aryl methyl sites for hydroxylation is 1. The van der Waals surface area contributed by atoms with Crippen LogP contribution in [0.3, 0.4) is 0 Å². The van der Waals surface area contributed by atoms with E-state index in [0.29, 0.717) is 17.2 Å². The molecular weight excluding hydrogens is 316 g/mol. The Morgan fingerprint density at radius 2 is 1.75 bits per heavy atom. The third kappa shape index (κ3) is 2.93. The highest BCUT2D eigenvalue weighted by Gasteiger charge is 2.23. The zero-order valence-corrected chi connectivity index (χ0v) is 12.8. The fourth-order valence-corrected chi connectivity index (χ4v) is 2.26. The van der Waals surface area contributed by atoms with E-state index in [-0.39, 0.29) is 5.78 Å². The number of halogens is 1. The van der Waals surface area contributed by atoms with Crippen molar-refractivity contribution in [3.05, 3.63) is 63.6 Å². The van der Waals surface area contributed by atoms with Crippen LogP contribution < -0.4 is 4.74 Å². The summed E-state index contributed by atoms with van der Waals surface area (Å²) in [6, 6.07) is 13.1. The van der Waals surface area contributed by atoms with Gasteiger partial charge < -0.3 is 4.74 Å². The van der Waals surface area contributed by atoms with E-state index in [0.717, 1.165) is 28.6 Å². The standard InChI is InChI=1S/C17H15BrO2/c1-11-10-13(4-9-16(11)18)17(19)12-2-5-14(6-3-12)20-15-7-8-15/h2-6,9-10,15H,7-8H2,1H3. The zero-order valence-electron chi connectivity index (χ0n) is 11.2. The molecule has 20 heavy (non-hydrogen) atoms. The van der Waals surface area contributed by atoms with Crippen LogP contribution >= 0.6 is 15.9 Å². The number of carbonyl (C=O) groups excluding carboxylic acids is 1. The van der Waals surface area contributed by atoms with E-state index in [1.54, 1.807) is 0 Å². The van der Waals surface area contributed by atoms with Gasteiger partial charge in [0.1, 0.15) is 5.75 Å². The molecule has 0 bridgehead atoms. The van der Waals surface area contributed by atoms with Crippen LogP contribution in [0.25, 0.3) is 0 Å². The topological polar surface area (TPSA) is 26.3 Å². The van der Waals surface area contributed by atoms with Crippen LogP contribution in [-0.2, 0) is 0 Å². The van der Waals surface area contributed by atoms with Crippen molar-refractivity contribution in [2.45, 2.75) is 25.9 Å². The van der Waals surface area contributed by atoms with Gasteiger partial charge in [0.05, 0.1) is 6.10 Å². The molecule has 0 atom stereocenters. The predicted molar refractivity (Wildman–Crippen MR) is 82.4 cm³/mol. The Morgan fingerprint density at radius 1 is 1.10 bits per heavy atom. The summed E-state index contributed by atoms with van der Waals surface area (Å²) < 4.78 is 6.70. The molecular formula is C17H15BrO2. The minimum absolute atomic E-state index is 0.0403. The largest absolute Gasteiger partial charge is 0.490 e. The summed E-state index contributed by atoms with van der Waals surface area (Å²) in [5.74, 6) is 0.884. The van der Waals surface area contributed by atoms with Crippen molar-refractivity contribution in [2.75, 3.05) is 0 Å². The summed E-state index contributed by atoms with van der Waals surface area (Å²) in [6.07, 6.45) is 2.66. The van der Waals surface area contributed by atoms with Gasteiger partial charge in [-0.2, -0.15) is 0 Å². The predicted octanol–water partition coefficient (Wildman–Crippen LogP) is 4.53. The van der Waals surface area contributed by atoms with E-state index in [1.165, 1.54) is 0 Å². The summed E-state index contributed by atoms with van der Waals surface area (Å²) in [6.45, 7) is 1.98. The molecule has 2 nitrogen and oxygen atoms in total. The van der Waals surface area contributed by atoms with Gasteiger partial charge in [-0.25, -0.2) is 0 Å². The van der Waals surface area contributed by atoms with Gasteiger partial charge in [0, 0.05) is 15.6 Å². The van der Waals surface area contributed by atoms with Crippen LogP contribution in [0.1, 0.15) is 34.3 Å². The maximum atomic E-state index is 12.4. The molecule has 1 saturated carbocycles. The van der Waals surface area contributed by atoms with E-state index in [1.807, 2.05) is 49.4 Å². The number of hydrogen-bond donors (Lipinski definition) is 0. The van der Waals surface area contributed by atoms with Crippen LogP contribution in [0.4, 0.5) is 0 Å². The SMILES string of the molecule is Cc1cc(C(=O)c2ccc(OC3CC3)cc2)ccc1Br. The molecule has 0 aliphatic heterocycles. The van der Waals surface area contributed by atoms with Gasteiger partial charge in [0.2, 0.25) is 0 Å². The number of carbonyl (C=O) groups is 1. The van der Waals surface area contributed by atoms with Crippen molar-refractivity contribution in [3.8, 4) is 5.75 Å². The van der Waals surface area contributed by atoms with Crippen molar-refractivity contribution in [3.63, 3.8) is 0 Å². The molecule has 0 saturated heterocycles. The lowest BCUT2D eigenvalue weighted by Gasteiger charge is -2.06. The minimum Gasteiger partial charge on any atom is -0.490 e. The van der Waals surface area contributed by atoms with Crippen LogP contribution in [0, 0.1) is 6.92 Å². The first-order valence-corrected chi connectivity index (χ1v) is 7.50. The molecule has 0 heterocycles. The number of benzene rings is 2. The minimum atomic E-state index is 0.0403. The second-order valence-corrected chi connectivity index (χ2v) is 5.99. The van der Waals surface area contributed by atoms with E-state index in [9.17, 15) is 4.79 Å². The fourth-order valence-electron chi connectivity index (χ4n) is 2.02. The molecule has 3 rings (SSSR count). The average Bonchev–Trinajstić information content (AvgIpc) is 3.26. The zero-order chi connectivity index (χ0) is 14.1. The molecule has 2 aromatic rings. The highest BCUT2D eigenvalue weighted by molar-refractivity contribution is 9.10. The molecule has 102 valence electrons. The van der Waals surface area contributed by atoms with E-state index < -0.39 is 0 Å². The number of hydrogen-bond acceptors (Lipinski definition) is 2. The molecule has 1 aliphatic carbocycles. The maximum Gasteiger partial charge on any atom is 0.193 e. The van der Waals surface area contributed by atoms with Crippen LogP contribution in [0.5, 0.6) is 5.75 Å². The van der Waals surface area contributed by atoms with Gasteiger partial charge >= 0.3 is 0 Å². The normalized spacial score (nSPS) is 14.1. The van der Waals surface area contributed by atoms with Crippen molar-refractivity contribution in [2.24, 2.45) is 0 Å². The molecule has 0 N–H and O–H groups in total. The average molecular weight is 331 g/mol. The number of ether oxygens (including phenoxy) is 1. The Balaban J connectivity index is 1.80. The summed E-state index contributed by atoms with van der Waals surface area (Å²) >= 11 is 3.45. The quantitative estimate of drug-likeness (QED) is 0.770.